The lowest BCUT2D eigenvalue weighted by molar-refractivity contribution is 0.0668. The number of nitrogens with zero attached hydrogens (tertiary/aromatic N) is 3. The third-order valence-electron chi connectivity index (χ3n) is 4.44. The van der Waals surface area contributed by atoms with E-state index < -0.39 is 6.55 Å². The second-order valence-electron chi connectivity index (χ2n) is 6.67. The standard InChI is InChI=1S/C19H25F2N5O/c1-13-3-6-15(16(9-13)27-12-14-4-5-14)10-24-19(22-2)25-11-17-23-7-8-26(17)18(20)21/h3,6-9,14,18H,4-5,10-12H2,1-2H3,(H2,22,24,25). The fourth-order valence-electron chi connectivity index (χ4n) is 2.66. The fraction of sp³-hybridized carbons (Fsp3) is 0.474. The van der Waals surface area contributed by atoms with Gasteiger partial charge in [-0.3, -0.25) is 9.56 Å². The number of aryl methyl sites for hydroxylation is 1. The second-order valence-corrected chi connectivity index (χ2v) is 6.67. The number of halogens is 2. The lowest BCUT2D eigenvalue weighted by Gasteiger charge is -2.15. The maximum Gasteiger partial charge on any atom is 0.319 e. The van der Waals surface area contributed by atoms with E-state index in [4.69, 9.17) is 4.74 Å². The Bertz CT molecular complexity index is 786. The topological polar surface area (TPSA) is 63.5 Å². The smallest absolute Gasteiger partial charge is 0.319 e. The molecule has 2 aromatic rings. The molecule has 0 saturated heterocycles. The lowest BCUT2D eigenvalue weighted by Crippen LogP contribution is -2.37. The number of alkyl halides is 2. The first-order valence-electron chi connectivity index (χ1n) is 9.03. The minimum atomic E-state index is -2.61. The Hall–Kier alpha value is -2.64. The molecule has 1 saturated carbocycles. The maximum absolute atomic E-state index is 12.9. The van der Waals surface area contributed by atoms with Crippen LogP contribution in [0.1, 0.15) is 36.3 Å². The number of rotatable bonds is 8. The van der Waals surface area contributed by atoms with Crippen molar-refractivity contribution in [3.63, 3.8) is 0 Å². The van der Waals surface area contributed by atoms with Crippen LogP contribution in [0.2, 0.25) is 0 Å². The summed E-state index contributed by atoms with van der Waals surface area (Å²) in [4.78, 5) is 8.09. The summed E-state index contributed by atoms with van der Waals surface area (Å²) >= 11 is 0. The molecule has 1 heterocycles. The predicted octanol–water partition coefficient (Wildman–Crippen LogP) is 3.24. The van der Waals surface area contributed by atoms with E-state index in [0.717, 1.165) is 28.1 Å². The minimum absolute atomic E-state index is 0.149. The van der Waals surface area contributed by atoms with Crippen LogP contribution in [0, 0.1) is 12.8 Å². The zero-order chi connectivity index (χ0) is 19.2. The number of guanidine groups is 1. The van der Waals surface area contributed by atoms with Crippen LogP contribution in [0.15, 0.2) is 35.6 Å². The second kappa shape index (κ2) is 8.83. The van der Waals surface area contributed by atoms with Crippen molar-refractivity contribution in [2.75, 3.05) is 13.7 Å². The van der Waals surface area contributed by atoms with E-state index in [-0.39, 0.29) is 12.4 Å². The van der Waals surface area contributed by atoms with E-state index in [9.17, 15) is 8.78 Å². The molecule has 1 aliphatic rings. The molecule has 27 heavy (non-hydrogen) atoms. The van der Waals surface area contributed by atoms with Crippen LogP contribution in [-0.2, 0) is 13.1 Å². The van der Waals surface area contributed by atoms with Crippen LogP contribution in [0.3, 0.4) is 0 Å². The van der Waals surface area contributed by atoms with Crippen molar-refractivity contribution in [1.29, 1.82) is 0 Å². The van der Waals surface area contributed by atoms with Crippen LogP contribution in [0.5, 0.6) is 5.75 Å². The molecule has 0 spiro atoms. The van der Waals surface area contributed by atoms with Crippen molar-refractivity contribution in [3.8, 4) is 5.75 Å². The van der Waals surface area contributed by atoms with Gasteiger partial charge in [0.25, 0.3) is 0 Å². The highest BCUT2D eigenvalue weighted by Gasteiger charge is 2.22. The molecule has 146 valence electrons. The number of hydrogen-bond donors (Lipinski definition) is 2. The molecule has 6 nitrogen and oxygen atoms in total. The van der Waals surface area contributed by atoms with Gasteiger partial charge >= 0.3 is 6.55 Å². The summed E-state index contributed by atoms with van der Waals surface area (Å²) in [6, 6.07) is 6.10. The van der Waals surface area contributed by atoms with E-state index in [1.54, 1.807) is 7.05 Å². The summed E-state index contributed by atoms with van der Waals surface area (Å²) in [6.45, 7) is 0.837. The largest absolute Gasteiger partial charge is 0.493 e. The van der Waals surface area contributed by atoms with Crippen LogP contribution >= 0.6 is 0 Å². The van der Waals surface area contributed by atoms with Crippen molar-refractivity contribution < 1.29 is 13.5 Å². The number of aromatic nitrogens is 2. The summed E-state index contributed by atoms with van der Waals surface area (Å²) in [5.41, 5.74) is 2.17. The minimum Gasteiger partial charge on any atom is -0.493 e. The number of aliphatic imine (C=N–C) groups is 1. The van der Waals surface area contributed by atoms with Gasteiger partial charge in [0.05, 0.1) is 13.2 Å². The average molecular weight is 377 g/mol. The Kier molecular flexibility index (Phi) is 6.26. The highest BCUT2D eigenvalue weighted by atomic mass is 19.3. The molecule has 0 bridgehead atoms. The zero-order valence-corrected chi connectivity index (χ0v) is 15.6. The first kappa shape index (κ1) is 19.1. The normalized spacial score (nSPS) is 14.5. The van der Waals surface area contributed by atoms with Gasteiger partial charge < -0.3 is 15.4 Å². The first-order chi connectivity index (χ1) is 13.1. The van der Waals surface area contributed by atoms with Gasteiger partial charge in [-0.05, 0) is 37.3 Å². The molecule has 2 N–H and O–H groups in total. The Morgan fingerprint density at radius 3 is 2.81 bits per heavy atom. The molecule has 1 aliphatic carbocycles. The van der Waals surface area contributed by atoms with Crippen LogP contribution < -0.4 is 15.4 Å². The van der Waals surface area contributed by atoms with E-state index in [1.165, 1.54) is 25.2 Å². The van der Waals surface area contributed by atoms with Gasteiger partial charge in [-0.2, -0.15) is 8.78 Å². The van der Waals surface area contributed by atoms with Crippen LogP contribution in [0.25, 0.3) is 0 Å². The summed E-state index contributed by atoms with van der Waals surface area (Å²) < 4.78 is 32.6. The number of benzene rings is 1. The Balaban J connectivity index is 1.56. The SMILES string of the molecule is CN=C(NCc1ccc(C)cc1OCC1CC1)NCc1nccn1C(F)F. The monoisotopic (exact) mass is 377 g/mol. The van der Waals surface area contributed by atoms with Crippen molar-refractivity contribution in [1.82, 2.24) is 20.2 Å². The molecule has 0 aliphatic heterocycles. The fourth-order valence-corrected chi connectivity index (χ4v) is 2.66. The van der Waals surface area contributed by atoms with Gasteiger partial charge in [0.15, 0.2) is 5.96 Å². The Labute approximate surface area is 157 Å². The summed E-state index contributed by atoms with van der Waals surface area (Å²) in [6.07, 6.45) is 5.09. The summed E-state index contributed by atoms with van der Waals surface area (Å²) in [5.74, 6) is 2.31. The van der Waals surface area contributed by atoms with Gasteiger partial charge in [-0.15, -0.1) is 0 Å². The highest BCUT2D eigenvalue weighted by molar-refractivity contribution is 5.79. The molecule has 0 atom stereocenters. The van der Waals surface area contributed by atoms with Crippen LogP contribution in [0.4, 0.5) is 8.78 Å². The molecule has 0 radical (unpaired) electrons. The molecule has 1 fully saturated rings. The maximum atomic E-state index is 12.9. The predicted molar refractivity (Wildman–Crippen MR) is 99.9 cm³/mol. The van der Waals surface area contributed by atoms with Gasteiger partial charge in [0.1, 0.15) is 11.6 Å². The van der Waals surface area contributed by atoms with Crippen molar-refractivity contribution in [3.05, 3.63) is 47.5 Å². The van der Waals surface area contributed by atoms with Crippen molar-refractivity contribution in [2.45, 2.75) is 39.4 Å². The highest BCUT2D eigenvalue weighted by Crippen LogP contribution is 2.30. The first-order valence-corrected chi connectivity index (χ1v) is 9.03. The number of imidazole rings is 1. The van der Waals surface area contributed by atoms with E-state index in [0.29, 0.717) is 18.4 Å². The number of hydrogen-bond acceptors (Lipinski definition) is 3. The Morgan fingerprint density at radius 2 is 2.11 bits per heavy atom. The molecule has 8 heteroatoms. The van der Waals surface area contributed by atoms with Crippen molar-refractivity contribution in [2.24, 2.45) is 10.9 Å². The average Bonchev–Trinajstić information content (AvgIpc) is 3.36. The van der Waals surface area contributed by atoms with Crippen LogP contribution in [-0.4, -0.2) is 29.2 Å². The third kappa shape index (κ3) is 5.42. The lowest BCUT2D eigenvalue weighted by atomic mass is 10.1. The van der Waals surface area contributed by atoms with E-state index in [1.807, 2.05) is 25.1 Å². The van der Waals surface area contributed by atoms with Gasteiger partial charge in [-0.1, -0.05) is 12.1 Å². The zero-order valence-electron chi connectivity index (χ0n) is 15.6. The Morgan fingerprint density at radius 1 is 1.33 bits per heavy atom. The molecule has 3 rings (SSSR count). The molecule has 0 amide bonds. The quantitative estimate of drug-likeness (QED) is 0.548. The van der Waals surface area contributed by atoms with Gasteiger partial charge in [0, 0.05) is 31.5 Å². The summed E-state index contributed by atoms with van der Waals surface area (Å²) in [5, 5.41) is 6.20. The molecule has 1 aromatic heterocycles. The summed E-state index contributed by atoms with van der Waals surface area (Å²) in [7, 11) is 1.63. The van der Waals surface area contributed by atoms with Crippen molar-refractivity contribution >= 4 is 5.96 Å². The molecular weight excluding hydrogens is 352 g/mol. The van der Waals surface area contributed by atoms with Gasteiger partial charge in [0.2, 0.25) is 0 Å². The third-order valence-corrected chi connectivity index (χ3v) is 4.44. The number of nitrogens with one attached hydrogen (secondary N) is 2. The molecule has 1 aromatic carbocycles. The van der Waals surface area contributed by atoms with E-state index in [2.05, 4.69) is 20.6 Å². The molecule has 0 unspecified atom stereocenters. The van der Waals surface area contributed by atoms with Gasteiger partial charge in [-0.25, -0.2) is 4.98 Å². The number of ether oxygens (including phenoxy) is 1. The van der Waals surface area contributed by atoms with E-state index >= 15 is 0 Å². The molecular formula is C19H25F2N5O.